The van der Waals surface area contributed by atoms with Gasteiger partial charge in [-0.05, 0) is 47.9 Å². The molecule has 0 fully saturated rings. The molecule has 0 aromatic heterocycles. The summed E-state index contributed by atoms with van der Waals surface area (Å²) in [6.07, 6.45) is 3.23. The van der Waals surface area contributed by atoms with Crippen LogP contribution in [0.25, 0.3) is 0 Å². The van der Waals surface area contributed by atoms with Gasteiger partial charge >= 0.3 is 0 Å². The molecule has 0 aliphatic heterocycles. The first kappa shape index (κ1) is 12.4. The number of ether oxygens (including phenoxy) is 1. The summed E-state index contributed by atoms with van der Waals surface area (Å²) in [6, 6.07) is 6.56. The Morgan fingerprint density at radius 1 is 1.35 bits per heavy atom. The highest BCUT2D eigenvalue weighted by molar-refractivity contribution is 5.40. The lowest BCUT2D eigenvalue weighted by atomic mass is 9.93. The monoisotopic (exact) mass is 233 g/mol. The molecule has 0 radical (unpaired) electrons. The molecule has 94 valence electrons. The van der Waals surface area contributed by atoms with Crippen LogP contribution in [0.3, 0.4) is 0 Å². The fourth-order valence-electron chi connectivity index (χ4n) is 2.19. The summed E-state index contributed by atoms with van der Waals surface area (Å²) in [6.45, 7) is 7.49. The molecular formula is C15H23NO. The van der Waals surface area contributed by atoms with Crippen molar-refractivity contribution < 1.29 is 4.74 Å². The highest BCUT2D eigenvalue weighted by Gasteiger charge is 2.19. The molecule has 1 aliphatic carbocycles. The molecule has 2 heteroatoms. The third-order valence-corrected chi connectivity index (χ3v) is 3.36. The first-order valence-corrected chi connectivity index (χ1v) is 6.47. The Morgan fingerprint density at radius 2 is 2.12 bits per heavy atom. The van der Waals surface area contributed by atoms with Gasteiger partial charge in [-0.25, -0.2) is 0 Å². The van der Waals surface area contributed by atoms with Crippen molar-refractivity contribution in [1.29, 1.82) is 0 Å². The summed E-state index contributed by atoms with van der Waals surface area (Å²) in [7, 11) is 0. The fourth-order valence-corrected chi connectivity index (χ4v) is 2.19. The number of nitrogens with two attached hydrogens (primary N) is 1. The van der Waals surface area contributed by atoms with Crippen LogP contribution in [0.2, 0.25) is 0 Å². The minimum atomic E-state index is 0.230. The number of benzene rings is 1. The van der Waals surface area contributed by atoms with Crippen LogP contribution in [-0.4, -0.2) is 6.61 Å². The minimum Gasteiger partial charge on any atom is -0.494 e. The summed E-state index contributed by atoms with van der Waals surface area (Å²) in [5.74, 6) is 0.988. The van der Waals surface area contributed by atoms with Crippen LogP contribution in [0.5, 0.6) is 5.75 Å². The Labute approximate surface area is 104 Å². The molecule has 1 unspecified atom stereocenters. The quantitative estimate of drug-likeness (QED) is 0.868. The summed E-state index contributed by atoms with van der Waals surface area (Å²) in [4.78, 5) is 0. The normalized spacial score (nSPS) is 19.2. The Morgan fingerprint density at radius 3 is 2.82 bits per heavy atom. The Kier molecular flexibility index (Phi) is 3.43. The topological polar surface area (TPSA) is 35.2 Å². The molecule has 2 N–H and O–H groups in total. The van der Waals surface area contributed by atoms with Gasteiger partial charge in [-0.15, -0.1) is 0 Å². The van der Waals surface area contributed by atoms with Crippen molar-refractivity contribution in [3.63, 3.8) is 0 Å². The van der Waals surface area contributed by atoms with Gasteiger partial charge in [0.1, 0.15) is 5.75 Å². The van der Waals surface area contributed by atoms with Gasteiger partial charge in [-0.2, -0.15) is 0 Å². The van der Waals surface area contributed by atoms with Crippen LogP contribution in [0.15, 0.2) is 18.2 Å². The van der Waals surface area contributed by atoms with Gasteiger partial charge in [0.25, 0.3) is 0 Å². The maximum atomic E-state index is 6.01. The third kappa shape index (κ3) is 3.22. The van der Waals surface area contributed by atoms with E-state index < -0.39 is 0 Å². The van der Waals surface area contributed by atoms with Crippen LogP contribution < -0.4 is 10.5 Å². The second-order valence-corrected chi connectivity index (χ2v) is 6.16. The molecule has 1 aromatic carbocycles. The van der Waals surface area contributed by atoms with E-state index in [2.05, 4.69) is 32.9 Å². The van der Waals surface area contributed by atoms with Crippen molar-refractivity contribution in [2.24, 2.45) is 11.1 Å². The maximum Gasteiger partial charge on any atom is 0.119 e. The van der Waals surface area contributed by atoms with Gasteiger partial charge in [0.15, 0.2) is 0 Å². The molecule has 1 aliphatic rings. The number of aryl methyl sites for hydroxylation is 1. The molecule has 0 saturated heterocycles. The average molecular weight is 233 g/mol. The highest BCUT2D eigenvalue weighted by atomic mass is 16.5. The van der Waals surface area contributed by atoms with Crippen molar-refractivity contribution >= 4 is 0 Å². The van der Waals surface area contributed by atoms with E-state index in [1.54, 1.807) is 0 Å². The zero-order chi connectivity index (χ0) is 12.5. The van der Waals surface area contributed by atoms with E-state index in [1.807, 2.05) is 6.07 Å². The molecule has 17 heavy (non-hydrogen) atoms. The van der Waals surface area contributed by atoms with E-state index in [1.165, 1.54) is 11.1 Å². The summed E-state index contributed by atoms with van der Waals surface area (Å²) >= 11 is 0. The Bertz CT molecular complexity index is 392. The molecule has 1 atom stereocenters. The van der Waals surface area contributed by atoms with E-state index in [-0.39, 0.29) is 6.04 Å². The molecular weight excluding hydrogens is 210 g/mol. The third-order valence-electron chi connectivity index (χ3n) is 3.36. The van der Waals surface area contributed by atoms with Crippen LogP contribution in [0.4, 0.5) is 0 Å². The first-order valence-electron chi connectivity index (χ1n) is 6.47. The van der Waals surface area contributed by atoms with Crippen molar-refractivity contribution in [1.82, 2.24) is 0 Å². The van der Waals surface area contributed by atoms with Crippen molar-refractivity contribution in [3.8, 4) is 5.75 Å². The van der Waals surface area contributed by atoms with Gasteiger partial charge in [0.05, 0.1) is 6.61 Å². The standard InChI is InChI=1S/C15H23NO/c1-15(2,3)8-9-17-12-5-6-13-11(10-12)4-7-14(13)16/h5-6,10,14H,4,7-9,16H2,1-3H3. The molecule has 0 spiro atoms. The van der Waals surface area contributed by atoms with Crippen molar-refractivity contribution in [2.75, 3.05) is 6.61 Å². The van der Waals surface area contributed by atoms with E-state index in [0.29, 0.717) is 5.41 Å². The Balaban J connectivity index is 1.95. The van der Waals surface area contributed by atoms with E-state index in [4.69, 9.17) is 10.5 Å². The SMILES string of the molecule is CC(C)(C)CCOc1ccc2c(c1)CCC2N. The average Bonchev–Trinajstić information content (AvgIpc) is 2.58. The number of hydrogen-bond acceptors (Lipinski definition) is 2. The van der Waals surface area contributed by atoms with Gasteiger partial charge < -0.3 is 10.5 Å². The fraction of sp³-hybridized carbons (Fsp3) is 0.600. The lowest BCUT2D eigenvalue weighted by Crippen LogP contribution is -2.11. The van der Waals surface area contributed by atoms with Gasteiger partial charge in [0.2, 0.25) is 0 Å². The van der Waals surface area contributed by atoms with Crippen LogP contribution >= 0.6 is 0 Å². The summed E-state index contributed by atoms with van der Waals surface area (Å²) in [5, 5.41) is 0. The van der Waals surface area contributed by atoms with E-state index >= 15 is 0 Å². The molecule has 0 saturated carbocycles. The molecule has 0 bridgehead atoms. The van der Waals surface area contributed by atoms with Gasteiger partial charge in [-0.3, -0.25) is 0 Å². The largest absolute Gasteiger partial charge is 0.494 e. The zero-order valence-corrected chi connectivity index (χ0v) is 11.1. The lowest BCUT2D eigenvalue weighted by Gasteiger charge is -2.18. The molecule has 0 amide bonds. The van der Waals surface area contributed by atoms with E-state index in [9.17, 15) is 0 Å². The summed E-state index contributed by atoms with van der Waals surface area (Å²) < 4.78 is 5.80. The van der Waals surface area contributed by atoms with E-state index in [0.717, 1.165) is 31.6 Å². The second-order valence-electron chi connectivity index (χ2n) is 6.16. The number of hydrogen-bond donors (Lipinski definition) is 1. The van der Waals surface area contributed by atoms with Crippen molar-refractivity contribution in [2.45, 2.75) is 46.1 Å². The predicted octanol–water partition coefficient (Wildman–Crippen LogP) is 3.45. The maximum absolute atomic E-state index is 6.01. The molecule has 2 rings (SSSR count). The molecule has 1 aromatic rings. The predicted molar refractivity (Wildman–Crippen MR) is 71.3 cm³/mol. The van der Waals surface area contributed by atoms with Gasteiger partial charge in [-0.1, -0.05) is 26.8 Å². The van der Waals surface area contributed by atoms with Gasteiger partial charge in [0, 0.05) is 6.04 Å². The minimum absolute atomic E-state index is 0.230. The number of fused-ring (bicyclic) bond motifs is 1. The first-order chi connectivity index (χ1) is 7.96. The number of rotatable bonds is 3. The second kappa shape index (κ2) is 4.69. The molecule has 0 heterocycles. The summed E-state index contributed by atoms with van der Waals surface area (Å²) in [5.41, 5.74) is 9.01. The van der Waals surface area contributed by atoms with Crippen LogP contribution in [-0.2, 0) is 6.42 Å². The highest BCUT2D eigenvalue weighted by Crippen LogP contribution is 2.32. The zero-order valence-electron chi connectivity index (χ0n) is 11.1. The van der Waals surface area contributed by atoms with Crippen LogP contribution in [0, 0.1) is 5.41 Å². The smallest absolute Gasteiger partial charge is 0.119 e. The lowest BCUT2D eigenvalue weighted by molar-refractivity contribution is 0.243. The van der Waals surface area contributed by atoms with Crippen LogP contribution in [0.1, 0.15) is 50.8 Å². The van der Waals surface area contributed by atoms with Crippen molar-refractivity contribution in [3.05, 3.63) is 29.3 Å². The molecule has 2 nitrogen and oxygen atoms in total. The Hall–Kier alpha value is -1.02.